The lowest BCUT2D eigenvalue weighted by molar-refractivity contribution is 0.168. The molecular formula is C24H29N3O4S. The number of sulfone groups is 1. The summed E-state index contributed by atoms with van der Waals surface area (Å²) in [5, 5.41) is 4.04. The molecule has 32 heavy (non-hydrogen) atoms. The number of hydrogen-bond donors (Lipinski definition) is 0. The van der Waals surface area contributed by atoms with Gasteiger partial charge in [0.2, 0.25) is 0 Å². The van der Waals surface area contributed by atoms with E-state index in [1.807, 2.05) is 51.1 Å². The first-order chi connectivity index (χ1) is 15.2. The molecule has 7 nitrogen and oxygen atoms in total. The van der Waals surface area contributed by atoms with Gasteiger partial charge in [-0.15, -0.1) is 0 Å². The van der Waals surface area contributed by atoms with Gasteiger partial charge in [-0.3, -0.25) is 0 Å². The van der Waals surface area contributed by atoms with E-state index in [0.717, 1.165) is 54.2 Å². The van der Waals surface area contributed by atoms with E-state index in [4.69, 9.17) is 9.26 Å². The third-order valence-electron chi connectivity index (χ3n) is 5.75. The largest absolute Gasteiger partial charge is 0.490 e. The van der Waals surface area contributed by atoms with E-state index < -0.39 is 9.84 Å². The summed E-state index contributed by atoms with van der Waals surface area (Å²) < 4.78 is 35.1. The Morgan fingerprint density at radius 1 is 1.09 bits per heavy atom. The molecule has 0 bridgehead atoms. The normalized spacial score (nSPS) is 15.3. The Hall–Kier alpha value is -2.87. The van der Waals surface area contributed by atoms with Crippen LogP contribution in [0.15, 0.2) is 51.9 Å². The van der Waals surface area contributed by atoms with Crippen LogP contribution in [0.2, 0.25) is 0 Å². The summed E-state index contributed by atoms with van der Waals surface area (Å²) in [5.74, 6) is 1.81. The van der Waals surface area contributed by atoms with Crippen molar-refractivity contribution in [2.45, 2.75) is 50.5 Å². The molecule has 0 N–H and O–H groups in total. The molecular weight excluding hydrogens is 426 g/mol. The highest BCUT2D eigenvalue weighted by Crippen LogP contribution is 2.29. The Balaban J connectivity index is 1.36. The molecule has 0 spiro atoms. The summed E-state index contributed by atoms with van der Waals surface area (Å²) in [6.07, 6.45) is 3.13. The van der Waals surface area contributed by atoms with Crippen LogP contribution in [-0.4, -0.2) is 44.0 Å². The van der Waals surface area contributed by atoms with Crippen LogP contribution in [0.5, 0.6) is 5.75 Å². The van der Waals surface area contributed by atoms with Gasteiger partial charge in [0.15, 0.2) is 15.7 Å². The summed E-state index contributed by atoms with van der Waals surface area (Å²) in [4.78, 5) is 6.94. The molecule has 2 aromatic carbocycles. The summed E-state index contributed by atoms with van der Waals surface area (Å²) in [6, 6.07) is 13.8. The second-order valence-electron chi connectivity index (χ2n) is 8.67. The fourth-order valence-electron chi connectivity index (χ4n) is 3.85. The van der Waals surface area contributed by atoms with Gasteiger partial charge in [-0.05, 0) is 47.9 Å². The number of anilines is 1. The van der Waals surface area contributed by atoms with Crippen LogP contribution in [0.1, 0.15) is 44.0 Å². The number of hydrogen-bond acceptors (Lipinski definition) is 7. The van der Waals surface area contributed by atoms with Crippen molar-refractivity contribution in [1.82, 2.24) is 10.1 Å². The molecule has 0 saturated carbocycles. The maximum Gasteiger partial charge on any atom is 0.324 e. The van der Waals surface area contributed by atoms with E-state index in [9.17, 15) is 8.42 Å². The van der Waals surface area contributed by atoms with Crippen molar-refractivity contribution < 1.29 is 17.7 Å². The Labute approximate surface area is 189 Å². The summed E-state index contributed by atoms with van der Waals surface area (Å²) in [6.45, 7) is 7.65. The number of benzene rings is 2. The lowest BCUT2D eigenvalue weighted by Gasteiger charge is -2.30. The highest BCUT2D eigenvalue weighted by molar-refractivity contribution is 7.90. The Morgan fingerprint density at radius 3 is 2.34 bits per heavy atom. The van der Waals surface area contributed by atoms with Crippen LogP contribution in [0, 0.1) is 6.92 Å². The molecule has 0 unspecified atom stereocenters. The number of piperidine rings is 1. The average molecular weight is 456 g/mol. The van der Waals surface area contributed by atoms with Crippen LogP contribution in [0.3, 0.4) is 0 Å². The van der Waals surface area contributed by atoms with E-state index in [-0.39, 0.29) is 12.0 Å². The molecule has 0 atom stereocenters. The van der Waals surface area contributed by atoms with Gasteiger partial charge in [0.05, 0.1) is 4.90 Å². The van der Waals surface area contributed by atoms with Crippen LogP contribution in [0.4, 0.5) is 6.01 Å². The SMILES string of the molecule is Cc1cc(S(C)(=O)=O)ccc1-c1ccc(OC2CCN(c3nc(C(C)C)no3)CC2)cc1. The zero-order valence-corrected chi connectivity index (χ0v) is 19.7. The minimum Gasteiger partial charge on any atom is -0.490 e. The molecule has 0 aliphatic carbocycles. The standard InChI is InChI=1S/C24H29N3O4S/c1-16(2)23-25-24(31-26-23)27-13-11-20(12-14-27)30-19-7-5-18(6-8-19)22-10-9-21(15-17(22)3)32(4,28)29/h5-10,15-16,20H,11-14H2,1-4H3. The minimum atomic E-state index is -3.21. The van der Waals surface area contributed by atoms with E-state index in [0.29, 0.717) is 10.9 Å². The molecule has 0 amide bonds. The van der Waals surface area contributed by atoms with E-state index in [2.05, 4.69) is 15.0 Å². The molecule has 1 aromatic heterocycles. The zero-order valence-electron chi connectivity index (χ0n) is 18.9. The molecule has 170 valence electrons. The quantitative estimate of drug-likeness (QED) is 0.536. The van der Waals surface area contributed by atoms with Gasteiger partial charge in [0.1, 0.15) is 11.9 Å². The number of nitrogens with zero attached hydrogens (tertiary/aromatic N) is 3. The number of aryl methyl sites for hydroxylation is 1. The third-order valence-corrected chi connectivity index (χ3v) is 6.86. The van der Waals surface area contributed by atoms with Crippen molar-refractivity contribution in [1.29, 1.82) is 0 Å². The van der Waals surface area contributed by atoms with Gasteiger partial charge < -0.3 is 14.2 Å². The topological polar surface area (TPSA) is 85.5 Å². The van der Waals surface area contributed by atoms with Crippen molar-refractivity contribution in [2.75, 3.05) is 24.2 Å². The van der Waals surface area contributed by atoms with Gasteiger partial charge in [0, 0.05) is 38.1 Å². The molecule has 3 aromatic rings. The monoisotopic (exact) mass is 455 g/mol. The molecule has 8 heteroatoms. The Morgan fingerprint density at radius 2 is 1.78 bits per heavy atom. The van der Waals surface area contributed by atoms with E-state index in [1.165, 1.54) is 6.26 Å². The van der Waals surface area contributed by atoms with Gasteiger partial charge in [-0.25, -0.2) is 8.42 Å². The van der Waals surface area contributed by atoms with Crippen LogP contribution in [-0.2, 0) is 9.84 Å². The molecule has 2 heterocycles. The van der Waals surface area contributed by atoms with Crippen LogP contribution in [0.25, 0.3) is 11.1 Å². The first-order valence-electron chi connectivity index (χ1n) is 10.9. The van der Waals surface area contributed by atoms with Crippen LogP contribution < -0.4 is 9.64 Å². The average Bonchev–Trinajstić information content (AvgIpc) is 3.25. The fourth-order valence-corrected chi connectivity index (χ4v) is 4.56. The molecule has 0 radical (unpaired) electrons. The lowest BCUT2D eigenvalue weighted by Crippen LogP contribution is -2.38. The second-order valence-corrected chi connectivity index (χ2v) is 10.7. The zero-order chi connectivity index (χ0) is 22.9. The van der Waals surface area contributed by atoms with Gasteiger partial charge in [-0.2, -0.15) is 4.98 Å². The predicted molar refractivity (Wildman–Crippen MR) is 124 cm³/mol. The Bertz CT molecular complexity index is 1180. The summed E-state index contributed by atoms with van der Waals surface area (Å²) >= 11 is 0. The highest BCUT2D eigenvalue weighted by atomic mass is 32.2. The second kappa shape index (κ2) is 8.94. The van der Waals surface area contributed by atoms with Crippen molar-refractivity contribution in [3.63, 3.8) is 0 Å². The van der Waals surface area contributed by atoms with Crippen molar-refractivity contribution in [3.05, 3.63) is 53.9 Å². The summed E-state index contributed by atoms with van der Waals surface area (Å²) in [5.41, 5.74) is 2.97. The van der Waals surface area contributed by atoms with Gasteiger partial charge in [-0.1, -0.05) is 37.2 Å². The lowest BCUT2D eigenvalue weighted by atomic mass is 10.0. The predicted octanol–water partition coefficient (Wildman–Crippen LogP) is 4.62. The fraction of sp³-hybridized carbons (Fsp3) is 0.417. The molecule has 4 rings (SSSR count). The first-order valence-corrected chi connectivity index (χ1v) is 12.8. The first kappa shape index (κ1) is 22.3. The van der Waals surface area contributed by atoms with E-state index in [1.54, 1.807) is 12.1 Å². The number of aromatic nitrogens is 2. The summed E-state index contributed by atoms with van der Waals surface area (Å²) in [7, 11) is -3.21. The van der Waals surface area contributed by atoms with E-state index >= 15 is 0 Å². The molecule has 1 fully saturated rings. The molecule has 1 saturated heterocycles. The van der Waals surface area contributed by atoms with Gasteiger partial charge in [0.25, 0.3) is 0 Å². The molecule has 1 aliphatic heterocycles. The Kier molecular flexibility index (Phi) is 6.24. The van der Waals surface area contributed by atoms with Crippen molar-refractivity contribution in [2.24, 2.45) is 0 Å². The highest BCUT2D eigenvalue weighted by Gasteiger charge is 2.24. The van der Waals surface area contributed by atoms with Crippen molar-refractivity contribution >= 4 is 15.9 Å². The maximum atomic E-state index is 11.8. The smallest absolute Gasteiger partial charge is 0.324 e. The number of ether oxygens (including phenoxy) is 1. The minimum absolute atomic E-state index is 0.139. The van der Waals surface area contributed by atoms with Gasteiger partial charge >= 0.3 is 6.01 Å². The maximum absolute atomic E-state index is 11.8. The van der Waals surface area contributed by atoms with Crippen molar-refractivity contribution in [3.8, 4) is 16.9 Å². The molecule has 1 aliphatic rings. The number of rotatable bonds is 6. The van der Waals surface area contributed by atoms with Crippen LogP contribution >= 0.6 is 0 Å². The third kappa shape index (κ3) is 4.96.